The van der Waals surface area contributed by atoms with Crippen molar-refractivity contribution in [1.29, 1.82) is 5.41 Å². The first-order valence-corrected chi connectivity index (χ1v) is 5.26. The third-order valence-corrected chi connectivity index (χ3v) is 2.11. The summed E-state index contributed by atoms with van der Waals surface area (Å²) < 4.78 is 0. The summed E-state index contributed by atoms with van der Waals surface area (Å²) in [6, 6.07) is 6.55. The van der Waals surface area contributed by atoms with Crippen LogP contribution in [0.5, 0.6) is 0 Å². The summed E-state index contributed by atoms with van der Waals surface area (Å²) in [7, 11) is 0. The molecule has 0 aliphatic carbocycles. The van der Waals surface area contributed by atoms with Gasteiger partial charge in [0, 0.05) is 5.01 Å². The minimum absolute atomic E-state index is 0.0347. The number of hydrazine groups is 2. The number of hydrogen-bond donors (Lipinski definition) is 2. The van der Waals surface area contributed by atoms with Crippen LogP contribution >= 0.6 is 0 Å². The molecule has 1 aromatic rings. The Labute approximate surface area is 120 Å². The Hall–Kier alpha value is -3.84. The number of benzene rings is 1. The monoisotopic (exact) mass is 312 g/mol. The van der Waals surface area contributed by atoms with Gasteiger partial charge in [-0.15, -0.1) is 0 Å². The van der Waals surface area contributed by atoms with E-state index in [2.05, 4.69) is 5.10 Å². The van der Waals surface area contributed by atoms with E-state index in [1.165, 1.54) is 18.2 Å². The molecule has 0 spiro atoms. The Morgan fingerprint density at radius 3 is 2.00 bits per heavy atom. The Morgan fingerprint density at radius 2 is 1.64 bits per heavy atom. The second-order valence-electron chi connectivity index (χ2n) is 3.46. The molecule has 0 bridgehead atoms. The average molecular weight is 312 g/mol. The molecule has 0 saturated heterocycles. The Balaban J connectivity index is 3.53. The summed E-state index contributed by atoms with van der Waals surface area (Å²) in [5.74, 6) is -2.67. The number of anilines is 1. The van der Waals surface area contributed by atoms with Crippen LogP contribution in [0.15, 0.2) is 35.4 Å². The molecule has 0 radical (unpaired) electrons. The lowest BCUT2D eigenvalue weighted by Gasteiger charge is -2.16. The third kappa shape index (κ3) is 3.59. The van der Waals surface area contributed by atoms with Crippen molar-refractivity contribution in [2.45, 2.75) is 0 Å². The first-order chi connectivity index (χ1) is 10.3. The van der Waals surface area contributed by atoms with E-state index in [0.29, 0.717) is 0 Å². The number of rotatable bonds is 4. The summed E-state index contributed by atoms with van der Waals surface area (Å²) in [6.07, 6.45) is 0. The van der Waals surface area contributed by atoms with Crippen molar-refractivity contribution in [3.8, 4) is 0 Å². The Morgan fingerprint density at radius 1 is 1.09 bits per heavy atom. The van der Waals surface area contributed by atoms with E-state index in [1.807, 2.05) is 0 Å². The lowest BCUT2D eigenvalue weighted by Crippen LogP contribution is -2.54. The molecular formula is C8H8N8O6. The minimum atomic E-state index is -1.38. The highest BCUT2D eigenvalue weighted by atomic mass is 16.7. The Bertz CT molecular complexity index is 631. The molecule has 3 N–H and O–H groups in total. The van der Waals surface area contributed by atoms with Gasteiger partial charge in [0.25, 0.3) is 5.96 Å². The highest BCUT2D eigenvalue weighted by Crippen LogP contribution is 2.16. The fourth-order valence-electron chi connectivity index (χ4n) is 1.37. The van der Waals surface area contributed by atoms with Gasteiger partial charge in [0.1, 0.15) is 10.8 Å². The molecular weight excluding hydrogens is 304 g/mol. The van der Waals surface area contributed by atoms with Crippen molar-refractivity contribution in [2.24, 2.45) is 10.8 Å². The predicted molar refractivity (Wildman–Crippen MR) is 71.1 cm³/mol. The van der Waals surface area contributed by atoms with E-state index in [1.54, 1.807) is 0 Å². The number of nitrogens with zero attached hydrogens (tertiary/aromatic N) is 6. The van der Waals surface area contributed by atoms with E-state index in [4.69, 9.17) is 11.1 Å². The quantitative estimate of drug-likeness (QED) is 0.321. The Kier molecular flexibility index (Phi) is 4.83. The first kappa shape index (κ1) is 16.2. The predicted octanol–water partition coefficient (Wildman–Crippen LogP) is -0.380. The zero-order chi connectivity index (χ0) is 16.9. The second kappa shape index (κ2) is 6.55. The molecule has 0 atom stereocenters. The molecule has 0 aliphatic rings. The molecule has 116 valence electrons. The van der Waals surface area contributed by atoms with Crippen LogP contribution in [0.25, 0.3) is 0 Å². The molecule has 0 aromatic heterocycles. The van der Waals surface area contributed by atoms with Crippen LogP contribution in [-0.2, 0) is 0 Å². The van der Waals surface area contributed by atoms with E-state index in [9.17, 15) is 30.3 Å². The van der Waals surface area contributed by atoms with Gasteiger partial charge < -0.3 is 5.73 Å². The maximum absolute atomic E-state index is 11.1. The maximum atomic E-state index is 11.1. The fraction of sp³-hybridized carbons (Fsp3) is 0. The molecule has 0 heterocycles. The minimum Gasteiger partial charge on any atom is -0.365 e. The molecule has 14 nitrogen and oxygen atoms in total. The van der Waals surface area contributed by atoms with Gasteiger partial charge in [0.05, 0.1) is 0 Å². The number of para-hydroxylation sites is 1. The van der Waals surface area contributed by atoms with Crippen molar-refractivity contribution >= 4 is 17.6 Å². The summed E-state index contributed by atoms with van der Waals surface area (Å²) in [5.41, 5.74) is 4.68. The molecule has 0 amide bonds. The van der Waals surface area contributed by atoms with Crippen LogP contribution in [0.4, 0.5) is 5.69 Å². The van der Waals surface area contributed by atoms with Gasteiger partial charge in [-0.05, 0) is 17.1 Å². The van der Waals surface area contributed by atoms with Gasteiger partial charge in [-0.2, -0.15) is 0 Å². The lowest BCUT2D eigenvalue weighted by atomic mass is 10.3. The van der Waals surface area contributed by atoms with Crippen molar-refractivity contribution < 1.29 is 15.1 Å². The van der Waals surface area contributed by atoms with Gasteiger partial charge in [-0.1, -0.05) is 18.2 Å². The molecule has 1 aromatic carbocycles. The first-order valence-electron chi connectivity index (χ1n) is 5.26. The molecule has 0 aliphatic heterocycles. The van der Waals surface area contributed by atoms with Crippen LogP contribution in [0.2, 0.25) is 0 Å². The van der Waals surface area contributed by atoms with Crippen molar-refractivity contribution in [3.63, 3.8) is 0 Å². The molecule has 14 heteroatoms. The number of nitrogens with two attached hydrogens (primary N) is 1. The molecule has 0 fully saturated rings. The SMILES string of the molecule is N=C(N)N(C(=N[N+](=O)[O-])N(c1ccccc1)[N+](=O)[O-])[N+](=O)[O-]. The van der Waals surface area contributed by atoms with Crippen LogP contribution in [-0.4, -0.2) is 32.0 Å². The maximum Gasteiger partial charge on any atom is 0.408 e. The smallest absolute Gasteiger partial charge is 0.365 e. The number of hydrogen-bond acceptors (Lipinski definition) is 7. The molecule has 22 heavy (non-hydrogen) atoms. The van der Waals surface area contributed by atoms with Gasteiger partial charge >= 0.3 is 5.96 Å². The van der Waals surface area contributed by atoms with Gasteiger partial charge in [-0.3, -0.25) is 5.41 Å². The van der Waals surface area contributed by atoms with Crippen LogP contribution in [0.3, 0.4) is 0 Å². The van der Waals surface area contributed by atoms with Crippen LogP contribution < -0.4 is 10.7 Å². The second-order valence-corrected chi connectivity index (χ2v) is 3.46. The number of guanidine groups is 2. The van der Waals surface area contributed by atoms with Crippen LogP contribution in [0, 0.1) is 35.8 Å². The third-order valence-electron chi connectivity index (χ3n) is 2.11. The lowest BCUT2D eigenvalue weighted by molar-refractivity contribution is -0.611. The highest BCUT2D eigenvalue weighted by molar-refractivity contribution is 6.02. The average Bonchev–Trinajstić information content (AvgIpc) is 2.37. The van der Waals surface area contributed by atoms with Crippen molar-refractivity contribution in [2.75, 3.05) is 5.01 Å². The highest BCUT2D eigenvalue weighted by Gasteiger charge is 2.41. The fourth-order valence-corrected chi connectivity index (χ4v) is 1.37. The van der Waals surface area contributed by atoms with Gasteiger partial charge in [-0.25, -0.2) is 30.3 Å². The zero-order valence-electron chi connectivity index (χ0n) is 10.6. The number of nitro groups is 3. The van der Waals surface area contributed by atoms with E-state index < -0.39 is 32.0 Å². The molecule has 0 saturated carbocycles. The largest absolute Gasteiger partial charge is 0.408 e. The normalized spacial score (nSPS) is 10.6. The number of nitrogens with one attached hydrogen (secondary N) is 1. The van der Waals surface area contributed by atoms with E-state index in [0.717, 1.165) is 12.1 Å². The summed E-state index contributed by atoms with van der Waals surface area (Å²) in [6.45, 7) is 0. The molecule has 0 unspecified atom stereocenters. The molecule has 1 rings (SSSR count). The van der Waals surface area contributed by atoms with Crippen molar-refractivity contribution in [3.05, 3.63) is 60.7 Å². The van der Waals surface area contributed by atoms with Crippen LogP contribution in [0.1, 0.15) is 0 Å². The standard InChI is InChI=1S/C8H8N8O6/c9-7(10)13(16(21)22)8(11-14(17)18)12(15(19)20)6-4-2-1-3-5-6/h1-5H,(H3,9,10). The summed E-state index contributed by atoms with van der Waals surface area (Å²) >= 11 is 0. The van der Waals surface area contributed by atoms with E-state index in [-0.39, 0.29) is 10.7 Å². The zero-order valence-corrected chi connectivity index (χ0v) is 10.6. The summed E-state index contributed by atoms with van der Waals surface area (Å²) in [5, 5.41) is 37.9. The summed E-state index contributed by atoms with van der Waals surface area (Å²) in [4.78, 5) is 32.5. The number of hydrazone groups is 1. The van der Waals surface area contributed by atoms with Gasteiger partial charge in [0.2, 0.25) is 0 Å². The van der Waals surface area contributed by atoms with Gasteiger partial charge in [0.15, 0.2) is 15.1 Å². The van der Waals surface area contributed by atoms with Crippen molar-refractivity contribution in [1.82, 2.24) is 5.01 Å². The van der Waals surface area contributed by atoms with E-state index >= 15 is 0 Å². The topological polar surface area (TPSA) is 198 Å².